The van der Waals surface area contributed by atoms with Gasteiger partial charge in [-0.1, -0.05) is 41.9 Å². The molecule has 0 saturated carbocycles. The highest BCUT2D eigenvalue weighted by Gasteiger charge is 2.01. The van der Waals surface area contributed by atoms with Crippen LogP contribution in [0, 0.1) is 5.82 Å². The molecule has 3 nitrogen and oxygen atoms in total. The summed E-state index contributed by atoms with van der Waals surface area (Å²) in [4.78, 5) is 11.6. The van der Waals surface area contributed by atoms with Gasteiger partial charge in [-0.3, -0.25) is 4.79 Å². The number of amides is 1. The number of halogens is 2. The quantitative estimate of drug-likeness (QED) is 0.643. The summed E-state index contributed by atoms with van der Waals surface area (Å²) in [6.07, 6.45) is 1.29. The predicted octanol–water partition coefficient (Wildman–Crippen LogP) is 3.86. The zero-order valence-electron chi connectivity index (χ0n) is 11.6. The molecule has 2 aromatic rings. The molecular weight excluding hydrogens is 323 g/mol. The first-order chi connectivity index (χ1) is 10.6. The molecule has 1 amide bonds. The molecule has 22 heavy (non-hydrogen) atoms. The fourth-order valence-corrected chi connectivity index (χ4v) is 2.53. The Morgan fingerprint density at radius 3 is 2.68 bits per heavy atom. The van der Waals surface area contributed by atoms with Crippen molar-refractivity contribution in [2.24, 2.45) is 5.10 Å². The second-order valence-corrected chi connectivity index (χ2v) is 5.86. The number of benzene rings is 2. The second-order valence-electron chi connectivity index (χ2n) is 4.43. The van der Waals surface area contributed by atoms with Crippen LogP contribution in [0.1, 0.15) is 11.1 Å². The van der Waals surface area contributed by atoms with Crippen molar-refractivity contribution in [2.45, 2.75) is 5.75 Å². The average Bonchev–Trinajstić information content (AvgIpc) is 2.51. The number of hydrogen-bond donors (Lipinski definition) is 1. The summed E-state index contributed by atoms with van der Waals surface area (Å²) >= 11 is 7.27. The van der Waals surface area contributed by atoms with Crippen molar-refractivity contribution in [1.29, 1.82) is 0 Å². The van der Waals surface area contributed by atoms with Crippen molar-refractivity contribution in [1.82, 2.24) is 5.43 Å². The number of rotatable bonds is 6. The number of carbonyl (C=O) groups is 1. The van der Waals surface area contributed by atoms with Gasteiger partial charge in [0.25, 0.3) is 0 Å². The molecule has 0 heterocycles. The van der Waals surface area contributed by atoms with Gasteiger partial charge in [-0.05, 0) is 23.8 Å². The van der Waals surface area contributed by atoms with E-state index >= 15 is 0 Å². The zero-order chi connectivity index (χ0) is 15.8. The van der Waals surface area contributed by atoms with E-state index < -0.39 is 0 Å². The van der Waals surface area contributed by atoms with Crippen molar-refractivity contribution in [3.05, 3.63) is 70.5 Å². The summed E-state index contributed by atoms with van der Waals surface area (Å²) in [5, 5.41) is 4.43. The summed E-state index contributed by atoms with van der Waals surface area (Å²) in [7, 11) is 0. The van der Waals surface area contributed by atoms with Crippen LogP contribution >= 0.6 is 23.4 Å². The predicted molar refractivity (Wildman–Crippen MR) is 89.8 cm³/mol. The number of hydrogen-bond acceptors (Lipinski definition) is 3. The Kier molecular flexibility index (Phi) is 6.43. The molecule has 2 rings (SSSR count). The minimum atomic E-state index is -0.377. The van der Waals surface area contributed by atoms with E-state index in [9.17, 15) is 9.18 Å². The summed E-state index contributed by atoms with van der Waals surface area (Å²) in [6, 6.07) is 13.7. The Hall–Kier alpha value is -1.85. The van der Waals surface area contributed by atoms with Crippen LogP contribution in [0.15, 0.2) is 53.6 Å². The smallest absolute Gasteiger partial charge is 0.250 e. The van der Waals surface area contributed by atoms with Gasteiger partial charge in [-0.15, -0.1) is 11.8 Å². The fraction of sp³-hybridized carbons (Fsp3) is 0.125. The summed E-state index contributed by atoms with van der Waals surface area (Å²) in [6.45, 7) is 0. The van der Waals surface area contributed by atoms with Gasteiger partial charge in [0, 0.05) is 16.3 Å². The Morgan fingerprint density at radius 1 is 1.23 bits per heavy atom. The molecular formula is C16H14ClFN2OS. The topological polar surface area (TPSA) is 41.5 Å². The Labute approximate surface area is 137 Å². The standard InChI is InChI=1S/C16H14ClFN2OS/c17-14-7-5-12(6-8-14)10-22-11-16(21)20-19-9-13-3-1-2-4-15(13)18/h1-9H,10-11H2,(H,20,21)/b19-9+. The third-order valence-corrected chi connectivity index (χ3v) is 3.97. The Morgan fingerprint density at radius 2 is 1.95 bits per heavy atom. The molecule has 0 aromatic heterocycles. The maximum absolute atomic E-state index is 13.3. The first-order valence-corrected chi connectivity index (χ1v) is 8.07. The molecule has 0 saturated heterocycles. The molecule has 0 spiro atoms. The Bertz CT molecular complexity index is 661. The summed E-state index contributed by atoms with van der Waals surface area (Å²) in [5.74, 6) is 0.378. The molecule has 0 aliphatic rings. The zero-order valence-corrected chi connectivity index (χ0v) is 13.2. The van der Waals surface area contributed by atoms with Gasteiger partial charge >= 0.3 is 0 Å². The van der Waals surface area contributed by atoms with E-state index in [0.717, 1.165) is 5.56 Å². The van der Waals surface area contributed by atoms with E-state index in [1.54, 1.807) is 18.2 Å². The molecule has 0 radical (unpaired) electrons. The minimum Gasteiger partial charge on any atom is -0.272 e. The molecule has 0 aliphatic carbocycles. The largest absolute Gasteiger partial charge is 0.272 e. The normalized spacial score (nSPS) is 10.8. The number of nitrogens with one attached hydrogen (secondary N) is 1. The third kappa shape index (κ3) is 5.50. The molecule has 0 unspecified atom stereocenters. The van der Waals surface area contributed by atoms with E-state index in [1.165, 1.54) is 24.0 Å². The first-order valence-electron chi connectivity index (χ1n) is 6.54. The van der Waals surface area contributed by atoms with E-state index in [2.05, 4.69) is 10.5 Å². The number of thioether (sulfide) groups is 1. The summed E-state index contributed by atoms with van der Waals surface area (Å²) in [5.41, 5.74) is 3.80. The van der Waals surface area contributed by atoms with E-state index in [4.69, 9.17) is 11.6 Å². The molecule has 0 atom stereocenters. The number of carbonyl (C=O) groups excluding carboxylic acids is 1. The van der Waals surface area contributed by atoms with Crippen molar-refractivity contribution in [3.8, 4) is 0 Å². The van der Waals surface area contributed by atoms with E-state index in [1.807, 2.05) is 24.3 Å². The monoisotopic (exact) mass is 336 g/mol. The van der Waals surface area contributed by atoms with Gasteiger partial charge in [-0.25, -0.2) is 9.82 Å². The lowest BCUT2D eigenvalue weighted by Crippen LogP contribution is -2.19. The van der Waals surface area contributed by atoms with Crippen molar-refractivity contribution in [3.63, 3.8) is 0 Å². The van der Waals surface area contributed by atoms with Crippen LogP contribution in [0.2, 0.25) is 5.02 Å². The van der Waals surface area contributed by atoms with Crippen LogP contribution in [0.4, 0.5) is 4.39 Å². The van der Waals surface area contributed by atoms with Gasteiger partial charge in [-0.2, -0.15) is 5.10 Å². The molecule has 2 aromatic carbocycles. The first kappa shape index (κ1) is 16.5. The van der Waals surface area contributed by atoms with Gasteiger partial charge in [0.1, 0.15) is 5.82 Å². The van der Waals surface area contributed by atoms with E-state index in [0.29, 0.717) is 16.3 Å². The van der Waals surface area contributed by atoms with Gasteiger partial charge < -0.3 is 0 Å². The lowest BCUT2D eigenvalue weighted by atomic mass is 10.2. The van der Waals surface area contributed by atoms with Crippen LogP contribution in [0.25, 0.3) is 0 Å². The molecule has 0 bridgehead atoms. The maximum atomic E-state index is 13.3. The molecule has 1 N–H and O–H groups in total. The number of hydrazone groups is 1. The van der Waals surface area contributed by atoms with Gasteiger partial charge in [0.2, 0.25) is 5.91 Å². The molecule has 0 fully saturated rings. The second kappa shape index (κ2) is 8.56. The highest BCUT2D eigenvalue weighted by molar-refractivity contribution is 7.99. The molecule has 0 aliphatic heterocycles. The van der Waals surface area contributed by atoms with Crippen molar-refractivity contribution >= 4 is 35.5 Å². The lowest BCUT2D eigenvalue weighted by Gasteiger charge is -2.02. The fourth-order valence-electron chi connectivity index (χ4n) is 1.63. The van der Waals surface area contributed by atoms with Crippen LogP contribution in [-0.2, 0) is 10.5 Å². The van der Waals surface area contributed by atoms with Crippen molar-refractivity contribution in [2.75, 3.05) is 5.75 Å². The van der Waals surface area contributed by atoms with Crippen LogP contribution in [-0.4, -0.2) is 17.9 Å². The highest BCUT2D eigenvalue weighted by Crippen LogP contribution is 2.15. The highest BCUT2D eigenvalue weighted by atomic mass is 35.5. The van der Waals surface area contributed by atoms with Gasteiger partial charge in [0.05, 0.1) is 12.0 Å². The minimum absolute atomic E-state index is 0.230. The van der Waals surface area contributed by atoms with Gasteiger partial charge in [0.15, 0.2) is 0 Å². The van der Waals surface area contributed by atoms with E-state index in [-0.39, 0.29) is 17.5 Å². The number of nitrogens with zero attached hydrogens (tertiary/aromatic N) is 1. The molecule has 114 valence electrons. The van der Waals surface area contributed by atoms with Crippen LogP contribution < -0.4 is 5.43 Å². The van der Waals surface area contributed by atoms with Crippen LogP contribution in [0.5, 0.6) is 0 Å². The van der Waals surface area contributed by atoms with Crippen LogP contribution in [0.3, 0.4) is 0 Å². The average molecular weight is 337 g/mol. The SMILES string of the molecule is O=C(CSCc1ccc(Cl)cc1)N/N=C/c1ccccc1F. The van der Waals surface area contributed by atoms with Crippen molar-refractivity contribution < 1.29 is 9.18 Å². The third-order valence-electron chi connectivity index (χ3n) is 2.71. The maximum Gasteiger partial charge on any atom is 0.250 e. The Balaban J connectivity index is 1.72. The summed E-state index contributed by atoms with van der Waals surface area (Å²) < 4.78 is 13.3. The molecule has 6 heteroatoms. The lowest BCUT2D eigenvalue weighted by molar-refractivity contribution is -0.118.